The molecule has 0 unspecified atom stereocenters. The van der Waals surface area contributed by atoms with Gasteiger partial charge in [0.05, 0.1) is 18.3 Å². The second kappa shape index (κ2) is 8.79. The number of halogens is 1. The molecule has 0 spiro atoms. The van der Waals surface area contributed by atoms with Gasteiger partial charge in [0.1, 0.15) is 10.7 Å². The summed E-state index contributed by atoms with van der Waals surface area (Å²) in [4.78, 5) is 26.3. The maximum absolute atomic E-state index is 13.1. The van der Waals surface area contributed by atoms with Crippen LogP contribution in [0.25, 0.3) is 11.0 Å². The van der Waals surface area contributed by atoms with Crippen LogP contribution in [0.3, 0.4) is 0 Å². The molecule has 0 aliphatic carbocycles. The highest BCUT2D eigenvalue weighted by Gasteiger charge is 2.21. The predicted octanol–water partition coefficient (Wildman–Crippen LogP) is 2.01. The standard InChI is InChI=1S/C18H26ClN5O2/c1-3-10-26-11-9-24-15-12-16(19)20-13-14(15)21-17(18(24)25)23-7-5-22(4-2)6-8-23/h12-13H,3-11H2,1-2H3. The Morgan fingerprint density at radius 2 is 1.96 bits per heavy atom. The number of fused-ring (bicyclic) bond motifs is 1. The van der Waals surface area contributed by atoms with Crippen molar-refractivity contribution in [2.75, 3.05) is 50.8 Å². The highest BCUT2D eigenvalue weighted by atomic mass is 35.5. The average Bonchev–Trinajstić information content (AvgIpc) is 2.66. The van der Waals surface area contributed by atoms with E-state index >= 15 is 0 Å². The molecule has 7 nitrogen and oxygen atoms in total. The highest BCUT2D eigenvalue weighted by molar-refractivity contribution is 6.29. The maximum atomic E-state index is 13.1. The third-order valence-electron chi connectivity index (χ3n) is 4.71. The van der Waals surface area contributed by atoms with E-state index in [-0.39, 0.29) is 5.56 Å². The van der Waals surface area contributed by atoms with Gasteiger partial charge in [-0.2, -0.15) is 0 Å². The number of piperazine rings is 1. The second-order valence-corrected chi connectivity index (χ2v) is 6.81. The Kier molecular flexibility index (Phi) is 6.45. The van der Waals surface area contributed by atoms with Crippen molar-refractivity contribution in [3.05, 3.63) is 27.8 Å². The van der Waals surface area contributed by atoms with E-state index in [1.165, 1.54) is 0 Å². The Morgan fingerprint density at radius 3 is 2.65 bits per heavy atom. The molecule has 0 bridgehead atoms. The summed E-state index contributed by atoms with van der Waals surface area (Å²) < 4.78 is 7.30. The third kappa shape index (κ3) is 4.16. The molecule has 1 aliphatic heterocycles. The van der Waals surface area contributed by atoms with Gasteiger partial charge in [-0.05, 0) is 13.0 Å². The van der Waals surface area contributed by atoms with Gasteiger partial charge in [-0.15, -0.1) is 0 Å². The molecule has 2 aromatic rings. The fourth-order valence-electron chi connectivity index (χ4n) is 3.21. The number of anilines is 1. The lowest BCUT2D eigenvalue weighted by molar-refractivity contribution is 0.127. The molecular formula is C18H26ClN5O2. The Hall–Kier alpha value is -1.70. The SMILES string of the molecule is CCCOCCn1c(=O)c(N2CCN(CC)CC2)nc2cnc(Cl)cc21. The van der Waals surface area contributed by atoms with Crippen molar-refractivity contribution < 1.29 is 4.74 Å². The van der Waals surface area contributed by atoms with E-state index in [0.717, 1.165) is 39.1 Å². The number of rotatable bonds is 7. The first-order valence-electron chi connectivity index (χ1n) is 9.25. The van der Waals surface area contributed by atoms with Gasteiger partial charge in [0.2, 0.25) is 0 Å². The molecule has 0 amide bonds. The summed E-state index contributed by atoms with van der Waals surface area (Å²) in [6.45, 7) is 10.4. The topological polar surface area (TPSA) is 63.5 Å². The van der Waals surface area contributed by atoms with Crippen LogP contribution in [0, 0.1) is 0 Å². The molecule has 3 rings (SSSR count). The number of hydrogen-bond acceptors (Lipinski definition) is 6. The predicted molar refractivity (Wildman–Crippen MR) is 104 cm³/mol. The van der Waals surface area contributed by atoms with Crippen molar-refractivity contribution in [3.8, 4) is 0 Å². The Bertz CT molecular complexity index is 802. The smallest absolute Gasteiger partial charge is 0.294 e. The van der Waals surface area contributed by atoms with Crippen molar-refractivity contribution in [1.29, 1.82) is 0 Å². The van der Waals surface area contributed by atoms with E-state index < -0.39 is 0 Å². The molecule has 26 heavy (non-hydrogen) atoms. The summed E-state index contributed by atoms with van der Waals surface area (Å²) in [5, 5.41) is 0.353. The van der Waals surface area contributed by atoms with E-state index in [4.69, 9.17) is 16.3 Å². The Morgan fingerprint density at radius 1 is 1.19 bits per heavy atom. The first-order valence-corrected chi connectivity index (χ1v) is 9.63. The summed E-state index contributed by atoms with van der Waals surface area (Å²) in [7, 11) is 0. The van der Waals surface area contributed by atoms with Gasteiger partial charge in [0, 0.05) is 45.4 Å². The van der Waals surface area contributed by atoms with Crippen LogP contribution in [0.5, 0.6) is 0 Å². The first-order chi connectivity index (χ1) is 12.6. The fourth-order valence-corrected chi connectivity index (χ4v) is 3.37. The lowest BCUT2D eigenvalue weighted by atomic mass is 10.3. The number of nitrogens with zero attached hydrogens (tertiary/aromatic N) is 5. The molecule has 1 fully saturated rings. The minimum absolute atomic E-state index is 0.0928. The monoisotopic (exact) mass is 379 g/mol. The zero-order valence-corrected chi connectivity index (χ0v) is 16.2. The van der Waals surface area contributed by atoms with Gasteiger partial charge in [-0.25, -0.2) is 9.97 Å². The minimum Gasteiger partial charge on any atom is -0.380 e. The maximum Gasteiger partial charge on any atom is 0.294 e. The van der Waals surface area contributed by atoms with Crippen LogP contribution in [0.15, 0.2) is 17.1 Å². The zero-order chi connectivity index (χ0) is 18.5. The number of aromatic nitrogens is 3. The molecule has 0 N–H and O–H groups in total. The average molecular weight is 380 g/mol. The molecule has 1 aliphatic rings. The van der Waals surface area contributed by atoms with Gasteiger partial charge >= 0.3 is 0 Å². The second-order valence-electron chi connectivity index (χ2n) is 6.42. The number of ether oxygens (including phenoxy) is 1. The van der Waals surface area contributed by atoms with Crippen molar-refractivity contribution in [1.82, 2.24) is 19.4 Å². The van der Waals surface area contributed by atoms with Crippen LogP contribution in [0.1, 0.15) is 20.3 Å². The van der Waals surface area contributed by atoms with E-state index in [0.29, 0.717) is 41.8 Å². The highest BCUT2D eigenvalue weighted by Crippen LogP contribution is 2.18. The van der Waals surface area contributed by atoms with Gasteiger partial charge < -0.3 is 19.1 Å². The molecule has 0 radical (unpaired) electrons. The summed E-state index contributed by atoms with van der Waals surface area (Å²) in [6, 6.07) is 1.70. The van der Waals surface area contributed by atoms with Gasteiger partial charge in [0.25, 0.3) is 5.56 Å². The van der Waals surface area contributed by atoms with Gasteiger partial charge in [-0.1, -0.05) is 25.4 Å². The van der Waals surface area contributed by atoms with Crippen LogP contribution in [-0.4, -0.2) is 65.4 Å². The number of hydrogen-bond donors (Lipinski definition) is 0. The quantitative estimate of drug-likeness (QED) is 0.541. The lowest BCUT2D eigenvalue weighted by Gasteiger charge is -2.34. The van der Waals surface area contributed by atoms with E-state index in [1.807, 2.05) is 0 Å². The van der Waals surface area contributed by atoms with E-state index in [1.54, 1.807) is 16.8 Å². The zero-order valence-electron chi connectivity index (χ0n) is 15.4. The number of likely N-dealkylation sites (N-methyl/N-ethyl adjacent to an activating group) is 1. The number of pyridine rings is 1. The Balaban J connectivity index is 1.95. The summed E-state index contributed by atoms with van der Waals surface area (Å²) >= 11 is 6.05. The van der Waals surface area contributed by atoms with Crippen LogP contribution in [-0.2, 0) is 11.3 Å². The normalized spacial score (nSPS) is 15.7. The molecule has 0 saturated carbocycles. The van der Waals surface area contributed by atoms with Crippen LogP contribution in [0.2, 0.25) is 5.15 Å². The largest absolute Gasteiger partial charge is 0.380 e. The summed E-state index contributed by atoms with van der Waals surface area (Å²) in [5.74, 6) is 0.493. The van der Waals surface area contributed by atoms with Gasteiger partial charge in [-0.3, -0.25) is 4.79 Å². The molecule has 1 saturated heterocycles. The minimum atomic E-state index is -0.0928. The fraction of sp³-hybridized carbons (Fsp3) is 0.611. The molecule has 8 heteroatoms. The molecule has 3 heterocycles. The van der Waals surface area contributed by atoms with Crippen molar-refractivity contribution in [2.45, 2.75) is 26.8 Å². The summed E-state index contributed by atoms with van der Waals surface area (Å²) in [5.41, 5.74) is 1.29. The van der Waals surface area contributed by atoms with E-state index in [9.17, 15) is 4.79 Å². The van der Waals surface area contributed by atoms with Crippen LogP contribution >= 0.6 is 11.6 Å². The van der Waals surface area contributed by atoms with Crippen molar-refractivity contribution >= 4 is 28.5 Å². The first kappa shape index (κ1) is 19.1. The molecule has 142 valence electrons. The van der Waals surface area contributed by atoms with Gasteiger partial charge in [0.15, 0.2) is 5.82 Å². The molecule has 2 aromatic heterocycles. The Labute approximate surface area is 158 Å². The van der Waals surface area contributed by atoms with Crippen LogP contribution < -0.4 is 10.5 Å². The third-order valence-corrected chi connectivity index (χ3v) is 4.92. The molecule has 0 atom stereocenters. The van der Waals surface area contributed by atoms with E-state index in [2.05, 4.69) is 33.6 Å². The van der Waals surface area contributed by atoms with Crippen molar-refractivity contribution in [3.63, 3.8) is 0 Å². The summed E-state index contributed by atoms with van der Waals surface area (Å²) in [6.07, 6.45) is 2.58. The lowest BCUT2D eigenvalue weighted by Crippen LogP contribution is -2.48. The van der Waals surface area contributed by atoms with Crippen LogP contribution in [0.4, 0.5) is 5.82 Å². The molecular weight excluding hydrogens is 354 g/mol. The van der Waals surface area contributed by atoms with Crippen molar-refractivity contribution in [2.24, 2.45) is 0 Å². The molecule has 0 aromatic carbocycles.